The molecule has 2 aromatic carbocycles. The minimum absolute atomic E-state index is 0.134. The van der Waals surface area contributed by atoms with Crippen LogP contribution in [0, 0.1) is 5.82 Å². The van der Waals surface area contributed by atoms with Crippen LogP contribution in [0.1, 0.15) is 30.9 Å². The topological polar surface area (TPSA) is 48.5 Å². The van der Waals surface area contributed by atoms with Crippen LogP contribution in [0.4, 0.5) is 10.2 Å². The van der Waals surface area contributed by atoms with Crippen LogP contribution in [-0.4, -0.2) is 43.0 Å². The number of nitrogens with zero attached hydrogens (tertiary/aromatic N) is 3. The van der Waals surface area contributed by atoms with Crippen molar-refractivity contribution >= 4 is 22.6 Å². The van der Waals surface area contributed by atoms with Crippen LogP contribution in [0.15, 0.2) is 54.6 Å². The number of carbonyl (C=O) groups excluding carboxylic acids is 1. The van der Waals surface area contributed by atoms with E-state index >= 15 is 0 Å². The summed E-state index contributed by atoms with van der Waals surface area (Å²) in [5, 5.41) is 4.19. The lowest BCUT2D eigenvalue weighted by atomic mass is 9.80. The summed E-state index contributed by atoms with van der Waals surface area (Å²) in [6.45, 7) is 3.78. The second-order valence-corrected chi connectivity index (χ2v) is 8.58. The molecule has 1 saturated heterocycles. The predicted octanol–water partition coefficient (Wildman–Crippen LogP) is 4.07. The Labute approximate surface area is 182 Å². The zero-order valence-electron chi connectivity index (χ0n) is 18.4. The van der Waals surface area contributed by atoms with Crippen LogP contribution in [0.25, 0.3) is 10.9 Å². The van der Waals surface area contributed by atoms with Gasteiger partial charge >= 0.3 is 0 Å². The summed E-state index contributed by atoms with van der Waals surface area (Å²) in [4.78, 5) is 21.2. The van der Waals surface area contributed by atoms with Crippen LogP contribution >= 0.6 is 0 Å². The molecule has 162 valence electrons. The van der Waals surface area contributed by atoms with Crippen molar-refractivity contribution in [2.24, 2.45) is 0 Å². The van der Waals surface area contributed by atoms with Gasteiger partial charge in [0, 0.05) is 57.2 Å². The fourth-order valence-corrected chi connectivity index (χ4v) is 4.63. The lowest BCUT2D eigenvalue weighted by molar-refractivity contribution is -0.121. The number of anilines is 1. The molecule has 0 saturated carbocycles. The van der Waals surface area contributed by atoms with Gasteiger partial charge in [-0.15, -0.1) is 0 Å². The lowest BCUT2D eigenvalue weighted by Gasteiger charge is -2.43. The van der Waals surface area contributed by atoms with E-state index in [9.17, 15) is 9.18 Å². The van der Waals surface area contributed by atoms with Crippen molar-refractivity contribution in [1.82, 2.24) is 15.2 Å². The first-order valence-corrected chi connectivity index (χ1v) is 10.7. The number of aromatic nitrogens is 1. The first-order valence-electron chi connectivity index (χ1n) is 10.7. The molecule has 0 bridgehead atoms. The summed E-state index contributed by atoms with van der Waals surface area (Å²) in [7, 11) is 4.02. The summed E-state index contributed by atoms with van der Waals surface area (Å²) in [5.41, 5.74) is 2.06. The van der Waals surface area contributed by atoms with Gasteiger partial charge in [-0.3, -0.25) is 9.69 Å². The number of para-hydroxylation sites is 1. The lowest BCUT2D eigenvalue weighted by Crippen LogP contribution is -2.52. The molecule has 0 atom stereocenters. The molecule has 4 rings (SSSR count). The van der Waals surface area contributed by atoms with Crippen molar-refractivity contribution in [3.8, 4) is 0 Å². The van der Waals surface area contributed by atoms with E-state index in [1.165, 1.54) is 18.6 Å². The molecule has 1 fully saturated rings. The van der Waals surface area contributed by atoms with E-state index in [-0.39, 0.29) is 11.7 Å². The Morgan fingerprint density at radius 2 is 1.81 bits per heavy atom. The molecule has 0 aliphatic carbocycles. The Hall–Kier alpha value is -2.99. The maximum atomic E-state index is 14.6. The number of halogens is 1. The van der Waals surface area contributed by atoms with Crippen molar-refractivity contribution < 1.29 is 9.18 Å². The van der Waals surface area contributed by atoms with E-state index in [0.717, 1.165) is 36.4 Å². The van der Waals surface area contributed by atoms with Gasteiger partial charge in [0.2, 0.25) is 5.91 Å². The third-order valence-corrected chi connectivity index (χ3v) is 6.11. The smallest absolute Gasteiger partial charge is 0.217 e. The van der Waals surface area contributed by atoms with Gasteiger partial charge < -0.3 is 10.2 Å². The second kappa shape index (κ2) is 8.63. The van der Waals surface area contributed by atoms with Crippen molar-refractivity contribution in [3.05, 3.63) is 71.5 Å². The van der Waals surface area contributed by atoms with Gasteiger partial charge in [-0.2, -0.15) is 0 Å². The van der Waals surface area contributed by atoms with Crippen LogP contribution in [-0.2, 0) is 16.9 Å². The molecule has 1 amide bonds. The number of hydrogen-bond acceptors (Lipinski definition) is 4. The zero-order chi connectivity index (χ0) is 22.0. The number of amides is 1. The highest BCUT2D eigenvalue weighted by Crippen LogP contribution is 2.35. The largest absolute Gasteiger partial charge is 0.362 e. The summed E-state index contributed by atoms with van der Waals surface area (Å²) in [6, 6.07) is 17.1. The first kappa shape index (κ1) is 21.2. The summed E-state index contributed by atoms with van der Waals surface area (Å²) in [5.74, 6) is 0.565. The van der Waals surface area contributed by atoms with Crippen LogP contribution in [0.2, 0.25) is 0 Å². The van der Waals surface area contributed by atoms with Crippen molar-refractivity contribution in [3.63, 3.8) is 0 Å². The monoisotopic (exact) mass is 420 g/mol. The number of pyridine rings is 1. The Morgan fingerprint density at radius 3 is 2.48 bits per heavy atom. The van der Waals surface area contributed by atoms with E-state index in [4.69, 9.17) is 4.98 Å². The highest BCUT2D eigenvalue weighted by molar-refractivity contribution is 5.81. The minimum atomic E-state index is -0.667. The zero-order valence-corrected chi connectivity index (χ0v) is 18.4. The molecule has 1 aliphatic heterocycles. The normalized spacial score (nSPS) is 16.3. The number of rotatable bonds is 5. The van der Waals surface area contributed by atoms with E-state index < -0.39 is 5.54 Å². The third kappa shape index (κ3) is 4.39. The number of nitrogens with one attached hydrogen (secondary N) is 1. The summed E-state index contributed by atoms with van der Waals surface area (Å²) < 4.78 is 14.6. The molecule has 1 aromatic heterocycles. The Morgan fingerprint density at radius 1 is 1.13 bits per heavy atom. The molecule has 0 spiro atoms. The minimum Gasteiger partial charge on any atom is -0.362 e. The van der Waals surface area contributed by atoms with E-state index in [2.05, 4.69) is 22.3 Å². The molecule has 5 nitrogen and oxygen atoms in total. The number of likely N-dealkylation sites (tertiary alicyclic amines) is 1. The van der Waals surface area contributed by atoms with Gasteiger partial charge in [0.25, 0.3) is 0 Å². The SMILES string of the molecule is CC(=O)NC1(c2ccccc2F)CCN(Cc2cc3ccccc3nc2N(C)C)CC1. The second-order valence-electron chi connectivity index (χ2n) is 8.58. The van der Waals surface area contributed by atoms with E-state index in [1.54, 1.807) is 12.1 Å². The molecular weight excluding hydrogens is 391 g/mol. The first-order chi connectivity index (χ1) is 14.9. The van der Waals surface area contributed by atoms with Crippen LogP contribution in [0.5, 0.6) is 0 Å². The van der Waals surface area contributed by atoms with Crippen molar-refractivity contribution in [2.75, 3.05) is 32.1 Å². The maximum Gasteiger partial charge on any atom is 0.217 e. The van der Waals surface area contributed by atoms with Gasteiger partial charge in [-0.1, -0.05) is 36.4 Å². The third-order valence-electron chi connectivity index (χ3n) is 6.11. The van der Waals surface area contributed by atoms with E-state index in [0.29, 0.717) is 18.4 Å². The Balaban J connectivity index is 1.58. The Kier molecular flexibility index (Phi) is 5.92. The number of hydrogen-bond donors (Lipinski definition) is 1. The summed E-state index contributed by atoms with van der Waals surface area (Å²) >= 11 is 0. The molecular formula is C25H29FN4O. The standard InChI is InChI=1S/C25H29FN4O/c1-18(31)28-25(21-9-5-6-10-22(21)26)12-14-30(15-13-25)17-20-16-19-8-4-7-11-23(19)27-24(20)29(2)3/h4-11,16H,12-15,17H2,1-3H3,(H,28,31). The fourth-order valence-electron chi connectivity index (χ4n) is 4.63. The van der Waals surface area contributed by atoms with Gasteiger partial charge in [0.05, 0.1) is 11.1 Å². The predicted molar refractivity (Wildman–Crippen MR) is 122 cm³/mol. The average Bonchev–Trinajstić information content (AvgIpc) is 2.74. The van der Waals surface area contributed by atoms with Gasteiger partial charge in [-0.05, 0) is 31.0 Å². The summed E-state index contributed by atoms with van der Waals surface area (Å²) in [6.07, 6.45) is 1.32. The van der Waals surface area contributed by atoms with Gasteiger partial charge in [-0.25, -0.2) is 9.37 Å². The highest BCUT2D eigenvalue weighted by Gasteiger charge is 2.38. The van der Waals surface area contributed by atoms with Crippen LogP contribution < -0.4 is 10.2 Å². The molecule has 3 aromatic rings. The maximum absolute atomic E-state index is 14.6. The molecule has 1 N–H and O–H groups in total. The Bertz CT molecular complexity index is 1090. The number of benzene rings is 2. The number of carbonyl (C=O) groups is 1. The highest BCUT2D eigenvalue weighted by atomic mass is 19.1. The molecule has 6 heteroatoms. The van der Waals surface area contributed by atoms with Gasteiger partial charge in [0.1, 0.15) is 11.6 Å². The molecule has 0 radical (unpaired) electrons. The van der Waals surface area contributed by atoms with E-state index in [1.807, 2.05) is 43.3 Å². The number of piperidine rings is 1. The van der Waals surface area contributed by atoms with Gasteiger partial charge in [0.15, 0.2) is 0 Å². The van der Waals surface area contributed by atoms with Crippen molar-refractivity contribution in [1.29, 1.82) is 0 Å². The fraction of sp³-hybridized carbons (Fsp3) is 0.360. The van der Waals surface area contributed by atoms with Crippen molar-refractivity contribution in [2.45, 2.75) is 31.8 Å². The molecule has 31 heavy (non-hydrogen) atoms. The molecule has 2 heterocycles. The molecule has 1 aliphatic rings. The average molecular weight is 421 g/mol. The van der Waals surface area contributed by atoms with Crippen LogP contribution in [0.3, 0.4) is 0 Å². The quantitative estimate of drug-likeness (QED) is 0.676. The number of fused-ring (bicyclic) bond motifs is 1. The molecule has 0 unspecified atom stereocenters.